The lowest BCUT2D eigenvalue weighted by molar-refractivity contribution is -0.121. The molecule has 0 saturated heterocycles. The van der Waals surface area contributed by atoms with Crippen LogP contribution in [0.1, 0.15) is 39.7 Å². The molecule has 112 valence electrons. The normalized spacial score (nSPS) is 12.8. The molecule has 0 aliphatic rings. The summed E-state index contributed by atoms with van der Waals surface area (Å²) in [4.78, 5) is 11.4. The third-order valence-electron chi connectivity index (χ3n) is 2.90. The van der Waals surface area contributed by atoms with Crippen molar-refractivity contribution in [3.8, 4) is 5.75 Å². The zero-order valence-electron chi connectivity index (χ0n) is 12.9. The fourth-order valence-corrected chi connectivity index (χ4v) is 1.78. The molecule has 0 aromatic heterocycles. The van der Waals surface area contributed by atoms with Crippen molar-refractivity contribution in [2.45, 2.75) is 45.6 Å². The van der Waals surface area contributed by atoms with Gasteiger partial charge in [-0.1, -0.05) is 32.9 Å². The average Bonchev–Trinajstić information content (AvgIpc) is 2.33. The summed E-state index contributed by atoms with van der Waals surface area (Å²) in [7, 11) is 0. The highest BCUT2D eigenvalue weighted by Crippen LogP contribution is 2.25. The van der Waals surface area contributed by atoms with Crippen molar-refractivity contribution in [2.75, 3.05) is 13.2 Å². The quantitative estimate of drug-likeness (QED) is 0.784. The summed E-state index contributed by atoms with van der Waals surface area (Å²) < 4.78 is 5.65. The summed E-state index contributed by atoms with van der Waals surface area (Å²) in [6, 6.07) is 7.95. The largest absolute Gasteiger partial charge is 0.492 e. The van der Waals surface area contributed by atoms with E-state index in [4.69, 9.17) is 10.5 Å². The fourth-order valence-electron chi connectivity index (χ4n) is 1.78. The number of amides is 1. The van der Waals surface area contributed by atoms with Crippen LogP contribution in [0.5, 0.6) is 5.75 Å². The molecule has 3 N–H and O–H groups in total. The van der Waals surface area contributed by atoms with Gasteiger partial charge in [0.05, 0.1) is 6.54 Å². The zero-order valence-corrected chi connectivity index (χ0v) is 12.9. The Morgan fingerprint density at radius 2 is 2.10 bits per heavy atom. The lowest BCUT2D eigenvalue weighted by Gasteiger charge is -2.19. The van der Waals surface area contributed by atoms with Crippen molar-refractivity contribution < 1.29 is 9.53 Å². The Kier molecular flexibility index (Phi) is 6.02. The van der Waals surface area contributed by atoms with Crippen molar-refractivity contribution in [3.63, 3.8) is 0 Å². The molecule has 1 atom stereocenters. The highest BCUT2D eigenvalue weighted by molar-refractivity contribution is 5.76. The van der Waals surface area contributed by atoms with Crippen LogP contribution in [-0.4, -0.2) is 25.1 Å². The van der Waals surface area contributed by atoms with E-state index in [0.29, 0.717) is 19.6 Å². The molecule has 1 amide bonds. The average molecular weight is 278 g/mol. The van der Waals surface area contributed by atoms with Gasteiger partial charge in [-0.15, -0.1) is 0 Å². The van der Waals surface area contributed by atoms with Crippen molar-refractivity contribution in [2.24, 2.45) is 5.73 Å². The number of nitrogens with one attached hydrogen (secondary N) is 1. The minimum Gasteiger partial charge on any atom is -0.492 e. The molecule has 4 heteroatoms. The first-order valence-corrected chi connectivity index (χ1v) is 7.04. The Balaban J connectivity index is 2.38. The van der Waals surface area contributed by atoms with Gasteiger partial charge in [0.2, 0.25) is 5.91 Å². The van der Waals surface area contributed by atoms with E-state index >= 15 is 0 Å². The van der Waals surface area contributed by atoms with Crippen molar-refractivity contribution in [1.29, 1.82) is 0 Å². The SMILES string of the molecule is CC(N)CC(=O)NCCOc1cccc(C(C)(C)C)c1. The van der Waals surface area contributed by atoms with Crippen LogP contribution in [0.3, 0.4) is 0 Å². The Bertz CT molecular complexity index is 436. The molecule has 0 spiro atoms. The second-order valence-corrected chi connectivity index (χ2v) is 6.16. The van der Waals surface area contributed by atoms with Crippen molar-refractivity contribution in [1.82, 2.24) is 5.32 Å². The maximum absolute atomic E-state index is 11.4. The number of carbonyl (C=O) groups is 1. The maximum Gasteiger partial charge on any atom is 0.221 e. The van der Waals surface area contributed by atoms with E-state index in [2.05, 4.69) is 32.2 Å². The molecule has 1 aromatic rings. The Morgan fingerprint density at radius 1 is 1.40 bits per heavy atom. The van der Waals surface area contributed by atoms with E-state index in [1.54, 1.807) is 0 Å². The van der Waals surface area contributed by atoms with Gasteiger partial charge >= 0.3 is 0 Å². The standard InChI is InChI=1S/C16H26N2O2/c1-12(17)10-15(19)18-8-9-20-14-7-5-6-13(11-14)16(2,3)4/h5-7,11-12H,8-10,17H2,1-4H3,(H,18,19). The highest BCUT2D eigenvalue weighted by Gasteiger charge is 2.13. The predicted molar refractivity (Wildman–Crippen MR) is 81.9 cm³/mol. The fraction of sp³-hybridized carbons (Fsp3) is 0.562. The maximum atomic E-state index is 11.4. The molecule has 20 heavy (non-hydrogen) atoms. The van der Waals surface area contributed by atoms with Crippen LogP contribution in [0.25, 0.3) is 0 Å². The molecular weight excluding hydrogens is 252 g/mol. The third kappa shape index (κ3) is 6.06. The predicted octanol–water partition coefficient (Wildman–Crippen LogP) is 2.22. The second-order valence-electron chi connectivity index (χ2n) is 6.16. The van der Waals surface area contributed by atoms with E-state index in [1.807, 2.05) is 25.1 Å². The number of hydrogen-bond acceptors (Lipinski definition) is 3. The molecule has 0 aliphatic heterocycles. The van der Waals surface area contributed by atoms with Crippen molar-refractivity contribution >= 4 is 5.91 Å². The van der Waals surface area contributed by atoms with Gasteiger partial charge in [-0.3, -0.25) is 4.79 Å². The molecule has 0 fully saturated rings. The summed E-state index contributed by atoms with van der Waals surface area (Å²) in [5.74, 6) is 0.797. The molecule has 0 heterocycles. The van der Waals surface area contributed by atoms with E-state index in [0.717, 1.165) is 5.75 Å². The molecular formula is C16H26N2O2. The first kappa shape index (κ1) is 16.5. The molecule has 0 saturated carbocycles. The van der Waals surface area contributed by atoms with Crippen molar-refractivity contribution in [3.05, 3.63) is 29.8 Å². The van der Waals surface area contributed by atoms with Crippen LogP contribution in [0.15, 0.2) is 24.3 Å². The van der Waals surface area contributed by atoms with Crippen LogP contribution < -0.4 is 15.8 Å². The summed E-state index contributed by atoms with van der Waals surface area (Å²) in [5.41, 5.74) is 6.89. The van der Waals surface area contributed by atoms with Crippen LogP contribution in [-0.2, 0) is 10.2 Å². The smallest absolute Gasteiger partial charge is 0.221 e. The molecule has 0 bridgehead atoms. The molecule has 1 aromatic carbocycles. The van der Waals surface area contributed by atoms with Gasteiger partial charge in [-0.05, 0) is 30.0 Å². The molecule has 0 aliphatic carbocycles. The number of carbonyl (C=O) groups excluding carboxylic acids is 1. The van der Waals surface area contributed by atoms with Gasteiger partial charge in [0.15, 0.2) is 0 Å². The van der Waals surface area contributed by atoms with E-state index < -0.39 is 0 Å². The molecule has 4 nitrogen and oxygen atoms in total. The Labute approximate surface area is 121 Å². The van der Waals surface area contributed by atoms with Crippen LogP contribution in [0, 0.1) is 0 Å². The second kappa shape index (κ2) is 7.29. The van der Waals surface area contributed by atoms with E-state index in [1.165, 1.54) is 5.56 Å². The number of ether oxygens (including phenoxy) is 1. The summed E-state index contributed by atoms with van der Waals surface area (Å²) in [5, 5.41) is 2.79. The molecule has 1 rings (SSSR count). The highest BCUT2D eigenvalue weighted by atomic mass is 16.5. The van der Waals surface area contributed by atoms with Crippen LogP contribution >= 0.6 is 0 Å². The van der Waals surface area contributed by atoms with Gasteiger partial charge in [-0.2, -0.15) is 0 Å². The van der Waals surface area contributed by atoms with Gasteiger partial charge < -0.3 is 15.8 Å². The van der Waals surface area contributed by atoms with Gasteiger partial charge in [0.1, 0.15) is 12.4 Å². The number of hydrogen-bond donors (Lipinski definition) is 2. The minimum atomic E-state index is -0.112. The first-order valence-electron chi connectivity index (χ1n) is 7.04. The van der Waals surface area contributed by atoms with Gasteiger partial charge in [0.25, 0.3) is 0 Å². The van der Waals surface area contributed by atoms with E-state index in [9.17, 15) is 4.79 Å². The number of rotatable bonds is 6. The lowest BCUT2D eigenvalue weighted by atomic mass is 9.87. The first-order chi connectivity index (χ1) is 9.29. The van der Waals surface area contributed by atoms with Crippen LogP contribution in [0.2, 0.25) is 0 Å². The van der Waals surface area contributed by atoms with Gasteiger partial charge in [0, 0.05) is 12.5 Å². The number of nitrogens with two attached hydrogens (primary N) is 1. The minimum absolute atomic E-state index is 0.0351. The summed E-state index contributed by atoms with van der Waals surface area (Å²) in [6.07, 6.45) is 0.347. The topological polar surface area (TPSA) is 64.4 Å². The van der Waals surface area contributed by atoms with Gasteiger partial charge in [-0.25, -0.2) is 0 Å². The Morgan fingerprint density at radius 3 is 2.70 bits per heavy atom. The van der Waals surface area contributed by atoms with Crippen LogP contribution in [0.4, 0.5) is 0 Å². The summed E-state index contributed by atoms with van der Waals surface area (Å²) >= 11 is 0. The molecule has 1 unspecified atom stereocenters. The third-order valence-corrected chi connectivity index (χ3v) is 2.90. The monoisotopic (exact) mass is 278 g/mol. The molecule has 0 radical (unpaired) electrons. The lowest BCUT2D eigenvalue weighted by Crippen LogP contribution is -2.32. The zero-order chi connectivity index (χ0) is 15.2. The Hall–Kier alpha value is -1.55. The van der Waals surface area contributed by atoms with E-state index in [-0.39, 0.29) is 17.4 Å². The number of benzene rings is 1. The summed E-state index contributed by atoms with van der Waals surface area (Å²) in [6.45, 7) is 9.26.